The van der Waals surface area contributed by atoms with Crippen molar-refractivity contribution in [1.29, 1.82) is 0 Å². The summed E-state index contributed by atoms with van der Waals surface area (Å²) >= 11 is 0. The summed E-state index contributed by atoms with van der Waals surface area (Å²) in [6.07, 6.45) is 0.634. The largest absolute Gasteiger partial charge is 0.461 e. The molecule has 144 valence electrons. The van der Waals surface area contributed by atoms with Gasteiger partial charge in [0.15, 0.2) is 0 Å². The molecule has 2 amide bonds. The van der Waals surface area contributed by atoms with Gasteiger partial charge < -0.3 is 15.1 Å². The molecule has 6 heteroatoms. The van der Waals surface area contributed by atoms with Gasteiger partial charge in [-0.25, -0.2) is 0 Å². The van der Waals surface area contributed by atoms with Crippen molar-refractivity contribution in [3.05, 3.63) is 47.7 Å². The number of aryl methyl sites for hydroxylation is 1. The van der Waals surface area contributed by atoms with Crippen molar-refractivity contribution in [2.24, 2.45) is 0 Å². The van der Waals surface area contributed by atoms with Crippen LogP contribution in [0.25, 0.3) is 11.3 Å². The van der Waals surface area contributed by atoms with E-state index in [1.165, 1.54) is 6.92 Å². The highest BCUT2D eigenvalue weighted by Gasteiger charge is 2.36. The molecule has 0 saturated carbocycles. The van der Waals surface area contributed by atoms with Crippen LogP contribution in [0.1, 0.15) is 31.6 Å². The van der Waals surface area contributed by atoms with Gasteiger partial charge in [-0.2, -0.15) is 0 Å². The van der Waals surface area contributed by atoms with Crippen LogP contribution < -0.4 is 10.6 Å². The summed E-state index contributed by atoms with van der Waals surface area (Å²) < 4.78 is 5.67. The normalized spacial score (nSPS) is 19.8. The molecule has 3 rings (SSSR count). The van der Waals surface area contributed by atoms with Crippen LogP contribution in [0, 0.1) is 6.92 Å². The number of hydrogen-bond donors (Lipinski definition) is 2. The van der Waals surface area contributed by atoms with Gasteiger partial charge in [-0.15, -0.1) is 0 Å². The van der Waals surface area contributed by atoms with Crippen molar-refractivity contribution in [3.63, 3.8) is 0 Å². The SMILES string of the molecule is CCNC(=O)C1CC(NC(C)=O)CN1Cc1ccc(-c2ccc(C)o2)cc1. The van der Waals surface area contributed by atoms with E-state index in [-0.39, 0.29) is 23.9 Å². The molecule has 6 nitrogen and oxygen atoms in total. The van der Waals surface area contributed by atoms with Crippen LogP contribution in [0.5, 0.6) is 0 Å². The number of likely N-dealkylation sites (tertiary alicyclic amines) is 1. The Morgan fingerprint density at radius 3 is 2.52 bits per heavy atom. The minimum atomic E-state index is -0.228. The molecule has 0 radical (unpaired) electrons. The molecule has 2 N–H and O–H groups in total. The number of nitrogens with zero attached hydrogens (tertiary/aromatic N) is 1. The predicted molar refractivity (Wildman–Crippen MR) is 104 cm³/mol. The van der Waals surface area contributed by atoms with Gasteiger partial charge in [-0.05, 0) is 38.0 Å². The van der Waals surface area contributed by atoms with Crippen molar-refractivity contribution in [2.75, 3.05) is 13.1 Å². The molecule has 1 saturated heterocycles. The summed E-state index contributed by atoms with van der Waals surface area (Å²) in [5.74, 6) is 1.70. The standard InChI is InChI=1S/C21H27N3O3/c1-4-22-21(26)19-11-18(23-15(3)25)13-24(19)12-16-6-8-17(9-7-16)20-10-5-14(2)27-20/h5-10,18-19H,4,11-13H2,1-3H3,(H,22,26)(H,23,25). The van der Waals surface area contributed by atoms with E-state index in [4.69, 9.17) is 4.42 Å². The lowest BCUT2D eigenvalue weighted by molar-refractivity contribution is -0.125. The molecular weight excluding hydrogens is 342 g/mol. The monoisotopic (exact) mass is 369 g/mol. The Kier molecular flexibility index (Phi) is 5.96. The van der Waals surface area contributed by atoms with Crippen molar-refractivity contribution < 1.29 is 14.0 Å². The summed E-state index contributed by atoms with van der Waals surface area (Å²) in [7, 11) is 0. The second-order valence-electron chi connectivity index (χ2n) is 7.08. The maximum atomic E-state index is 12.4. The van der Waals surface area contributed by atoms with Crippen LogP contribution in [-0.2, 0) is 16.1 Å². The zero-order valence-corrected chi connectivity index (χ0v) is 16.1. The van der Waals surface area contributed by atoms with Crippen molar-refractivity contribution in [1.82, 2.24) is 15.5 Å². The van der Waals surface area contributed by atoms with Gasteiger partial charge in [0.1, 0.15) is 11.5 Å². The number of rotatable bonds is 6. The second-order valence-corrected chi connectivity index (χ2v) is 7.08. The van der Waals surface area contributed by atoms with Gasteiger partial charge in [0.25, 0.3) is 0 Å². The lowest BCUT2D eigenvalue weighted by Crippen LogP contribution is -2.42. The number of carbonyl (C=O) groups excluding carboxylic acids is 2. The van der Waals surface area contributed by atoms with Crippen LogP contribution in [0.2, 0.25) is 0 Å². The van der Waals surface area contributed by atoms with Gasteiger partial charge in [0.05, 0.1) is 6.04 Å². The summed E-state index contributed by atoms with van der Waals surface area (Å²) in [5, 5.41) is 5.85. The Balaban J connectivity index is 1.71. The molecule has 1 aliphatic heterocycles. The molecule has 0 aliphatic carbocycles. The maximum absolute atomic E-state index is 12.4. The number of nitrogens with one attached hydrogen (secondary N) is 2. The summed E-state index contributed by atoms with van der Waals surface area (Å²) in [4.78, 5) is 26.0. The molecule has 1 aromatic carbocycles. The minimum Gasteiger partial charge on any atom is -0.461 e. The lowest BCUT2D eigenvalue weighted by atomic mass is 10.1. The van der Waals surface area contributed by atoms with E-state index in [2.05, 4.69) is 27.7 Å². The third kappa shape index (κ3) is 4.77. The summed E-state index contributed by atoms with van der Waals surface area (Å²) in [6.45, 7) is 7.29. The van der Waals surface area contributed by atoms with E-state index in [1.54, 1.807) is 0 Å². The molecule has 0 spiro atoms. The zero-order chi connectivity index (χ0) is 19.4. The Labute approximate surface area is 159 Å². The molecule has 2 atom stereocenters. The first-order valence-corrected chi connectivity index (χ1v) is 9.41. The van der Waals surface area contributed by atoms with Gasteiger partial charge in [0, 0.05) is 38.2 Å². The Hall–Kier alpha value is -2.60. The molecule has 27 heavy (non-hydrogen) atoms. The van der Waals surface area contributed by atoms with Gasteiger partial charge in [0.2, 0.25) is 11.8 Å². The Morgan fingerprint density at radius 1 is 1.19 bits per heavy atom. The van der Waals surface area contributed by atoms with Gasteiger partial charge in [-0.1, -0.05) is 24.3 Å². The highest BCUT2D eigenvalue weighted by molar-refractivity contribution is 5.82. The van der Waals surface area contributed by atoms with Crippen LogP contribution in [0.3, 0.4) is 0 Å². The molecular formula is C21H27N3O3. The Bertz CT molecular complexity index is 797. The second kappa shape index (κ2) is 8.39. The summed E-state index contributed by atoms with van der Waals surface area (Å²) in [6, 6.07) is 11.9. The molecule has 0 bridgehead atoms. The molecule has 2 aromatic rings. The summed E-state index contributed by atoms with van der Waals surface area (Å²) in [5.41, 5.74) is 2.16. The van der Waals surface area contributed by atoms with E-state index in [1.807, 2.05) is 38.1 Å². The number of carbonyl (C=O) groups is 2. The smallest absolute Gasteiger partial charge is 0.237 e. The van der Waals surface area contributed by atoms with E-state index in [0.29, 0.717) is 26.1 Å². The average molecular weight is 369 g/mol. The number of amides is 2. The number of furan rings is 1. The minimum absolute atomic E-state index is 0.000438. The first-order valence-electron chi connectivity index (χ1n) is 9.41. The van der Waals surface area contributed by atoms with Crippen LogP contribution >= 0.6 is 0 Å². The fourth-order valence-corrected chi connectivity index (χ4v) is 3.63. The topological polar surface area (TPSA) is 74.6 Å². The highest BCUT2D eigenvalue weighted by Crippen LogP contribution is 2.25. The average Bonchev–Trinajstić information content (AvgIpc) is 3.22. The van der Waals surface area contributed by atoms with Gasteiger partial charge in [-0.3, -0.25) is 14.5 Å². The highest BCUT2D eigenvalue weighted by atomic mass is 16.3. The maximum Gasteiger partial charge on any atom is 0.237 e. The lowest BCUT2D eigenvalue weighted by Gasteiger charge is -2.23. The number of hydrogen-bond acceptors (Lipinski definition) is 4. The quantitative estimate of drug-likeness (QED) is 0.820. The number of likely N-dealkylation sites (N-methyl/N-ethyl adjacent to an activating group) is 1. The fraction of sp³-hybridized carbons (Fsp3) is 0.429. The predicted octanol–water partition coefficient (Wildman–Crippen LogP) is 2.47. The Morgan fingerprint density at radius 2 is 1.93 bits per heavy atom. The molecule has 2 unspecified atom stereocenters. The first kappa shape index (κ1) is 19.2. The zero-order valence-electron chi connectivity index (χ0n) is 16.1. The van der Waals surface area contributed by atoms with Crippen molar-refractivity contribution in [3.8, 4) is 11.3 Å². The van der Waals surface area contributed by atoms with Crippen molar-refractivity contribution in [2.45, 2.75) is 45.8 Å². The van der Waals surface area contributed by atoms with E-state index >= 15 is 0 Å². The molecule has 1 aliphatic rings. The van der Waals surface area contributed by atoms with E-state index in [0.717, 1.165) is 22.6 Å². The van der Waals surface area contributed by atoms with Crippen molar-refractivity contribution >= 4 is 11.8 Å². The van der Waals surface area contributed by atoms with Crippen LogP contribution in [0.15, 0.2) is 40.8 Å². The molecule has 1 aromatic heterocycles. The van der Waals surface area contributed by atoms with E-state index < -0.39 is 0 Å². The first-order chi connectivity index (χ1) is 13.0. The van der Waals surface area contributed by atoms with Gasteiger partial charge >= 0.3 is 0 Å². The third-order valence-electron chi connectivity index (χ3n) is 4.83. The fourth-order valence-electron chi connectivity index (χ4n) is 3.63. The van der Waals surface area contributed by atoms with Crippen LogP contribution in [-0.4, -0.2) is 41.9 Å². The van der Waals surface area contributed by atoms with Crippen LogP contribution in [0.4, 0.5) is 0 Å². The third-order valence-corrected chi connectivity index (χ3v) is 4.83. The van der Waals surface area contributed by atoms with E-state index in [9.17, 15) is 9.59 Å². The number of benzene rings is 1. The molecule has 2 heterocycles. The molecule has 1 fully saturated rings.